The van der Waals surface area contributed by atoms with Gasteiger partial charge in [0.2, 0.25) is 0 Å². The van der Waals surface area contributed by atoms with Crippen molar-refractivity contribution in [2.75, 3.05) is 31.7 Å². The van der Waals surface area contributed by atoms with Crippen molar-refractivity contribution >= 4 is 11.4 Å². The SMILES string of the molecule is CC(C)CC(CN(C)C)Nc1ccc(N)cc1C(F)F. The summed E-state index contributed by atoms with van der Waals surface area (Å²) in [7, 11) is 3.96. The Kier molecular flexibility index (Phi) is 6.20. The van der Waals surface area contributed by atoms with E-state index in [-0.39, 0.29) is 11.6 Å². The maximum atomic E-state index is 13.1. The Labute approximate surface area is 120 Å². The van der Waals surface area contributed by atoms with Crippen LogP contribution in [0.2, 0.25) is 0 Å². The molecule has 0 fully saturated rings. The first-order chi connectivity index (χ1) is 9.29. The fourth-order valence-electron chi connectivity index (χ4n) is 2.30. The molecule has 1 rings (SSSR count). The van der Waals surface area contributed by atoms with Gasteiger partial charge in [0, 0.05) is 29.5 Å². The summed E-state index contributed by atoms with van der Waals surface area (Å²) in [5, 5.41) is 3.24. The summed E-state index contributed by atoms with van der Waals surface area (Å²) in [6.45, 7) is 5.05. The van der Waals surface area contributed by atoms with Crippen molar-refractivity contribution in [1.29, 1.82) is 0 Å². The average molecular weight is 285 g/mol. The molecule has 0 saturated carbocycles. The lowest BCUT2D eigenvalue weighted by atomic mass is 10.0. The van der Waals surface area contributed by atoms with Gasteiger partial charge >= 0.3 is 0 Å². The molecule has 0 amide bonds. The quantitative estimate of drug-likeness (QED) is 0.752. The molecular weight excluding hydrogens is 260 g/mol. The largest absolute Gasteiger partial charge is 0.399 e. The van der Waals surface area contributed by atoms with Gasteiger partial charge in [-0.2, -0.15) is 0 Å². The van der Waals surface area contributed by atoms with Gasteiger partial charge in [0.15, 0.2) is 0 Å². The first-order valence-electron chi connectivity index (χ1n) is 6.88. The molecule has 20 heavy (non-hydrogen) atoms. The Bertz CT molecular complexity index is 410. The van der Waals surface area contributed by atoms with Crippen molar-refractivity contribution in [2.24, 2.45) is 5.92 Å². The van der Waals surface area contributed by atoms with Crippen molar-refractivity contribution in [2.45, 2.75) is 32.7 Å². The van der Waals surface area contributed by atoms with E-state index in [1.807, 2.05) is 14.1 Å². The molecular formula is C15H25F2N3. The van der Waals surface area contributed by atoms with Crippen LogP contribution in [-0.4, -0.2) is 31.6 Å². The van der Waals surface area contributed by atoms with Crippen LogP contribution in [0.5, 0.6) is 0 Å². The number of nitrogen functional groups attached to an aromatic ring is 1. The lowest BCUT2D eigenvalue weighted by Crippen LogP contribution is -2.33. The molecule has 0 spiro atoms. The van der Waals surface area contributed by atoms with Gasteiger partial charge in [-0.05, 0) is 44.6 Å². The maximum absolute atomic E-state index is 13.1. The van der Waals surface area contributed by atoms with Crippen LogP contribution >= 0.6 is 0 Å². The molecule has 0 aliphatic heterocycles. The second-order valence-corrected chi connectivity index (χ2v) is 5.88. The Hall–Kier alpha value is -1.36. The minimum Gasteiger partial charge on any atom is -0.399 e. The van der Waals surface area contributed by atoms with E-state index in [4.69, 9.17) is 5.73 Å². The predicted octanol–water partition coefficient (Wildman–Crippen LogP) is 3.59. The number of halogens is 2. The number of rotatable bonds is 7. The van der Waals surface area contributed by atoms with Crippen molar-refractivity contribution in [3.05, 3.63) is 23.8 Å². The van der Waals surface area contributed by atoms with Gasteiger partial charge < -0.3 is 16.0 Å². The number of nitrogens with zero attached hydrogens (tertiary/aromatic N) is 1. The maximum Gasteiger partial charge on any atom is 0.265 e. The molecule has 1 aromatic carbocycles. The van der Waals surface area contributed by atoms with E-state index < -0.39 is 6.43 Å². The van der Waals surface area contributed by atoms with Gasteiger partial charge in [-0.3, -0.25) is 0 Å². The van der Waals surface area contributed by atoms with Crippen LogP contribution in [0.1, 0.15) is 32.3 Å². The van der Waals surface area contributed by atoms with Gasteiger partial charge in [0.25, 0.3) is 6.43 Å². The molecule has 3 nitrogen and oxygen atoms in total. The van der Waals surface area contributed by atoms with Crippen molar-refractivity contribution in [3.63, 3.8) is 0 Å². The molecule has 1 unspecified atom stereocenters. The zero-order valence-electron chi connectivity index (χ0n) is 12.7. The number of nitrogens with one attached hydrogen (secondary N) is 1. The van der Waals surface area contributed by atoms with Gasteiger partial charge in [-0.25, -0.2) is 8.78 Å². The van der Waals surface area contributed by atoms with Gasteiger partial charge in [-0.1, -0.05) is 13.8 Å². The molecule has 1 atom stereocenters. The Balaban J connectivity index is 2.92. The van der Waals surface area contributed by atoms with Crippen molar-refractivity contribution in [3.8, 4) is 0 Å². The number of benzene rings is 1. The summed E-state index contributed by atoms with van der Waals surface area (Å²) in [6.07, 6.45) is -1.61. The fourth-order valence-corrected chi connectivity index (χ4v) is 2.30. The molecule has 5 heteroatoms. The van der Waals surface area contributed by atoms with Crippen LogP contribution in [0.25, 0.3) is 0 Å². The van der Waals surface area contributed by atoms with Crippen molar-refractivity contribution in [1.82, 2.24) is 4.90 Å². The van der Waals surface area contributed by atoms with Crippen LogP contribution in [-0.2, 0) is 0 Å². The molecule has 0 bridgehead atoms. The van der Waals surface area contributed by atoms with E-state index in [0.29, 0.717) is 17.3 Å². The molecule has 0 radical (unpaired) electrons. The smallest absolute Gasteiger partial charge is 0.265 e. The number of likely N-dealkylation sites (N-methyl/N-ethyl adjacent to an activating group) is 1. The van der Waals surface area contributed by atoms with E-state index in [1.165, 1.54) is 6.07 Å². The third-order valence-corrected chi connectivity index (χ3v) is 3.01. The van der Waals surface area contributed by atoms with Crippen molar-refractivity contribution < 1.29 is 8.78 Å². The monoisotopic (exact) mass is 285 g/mol. The van der Waals surface area contributed by atoms with Crippen LogP contribution < -0.4 is 11.1 Å². The normalized spacial score (nSPS) is 13.2. The molecule has 0 saturated heterocycles. The summed E-state index contributed by atoms with van der Waals surface area (Å²) in [5.41, 5.74) is 6.39. The van der Waals surface area contributed by atoms with E-state index in [2.05, 4.69) is 24.1 Å². The molecule has 114 valence electrons. The highest BCUT2D eigenvalue weighted by atomic mass is 19.3. The minimum atomic E-state index is -2.53. The lowest BCUT2D eigenvalue weighted by molar-refractivity contribution is 0.152. The Morgan fingerprint density at radius 2 is 1.90 bits per heavy atom. The summed E-state index contributed by atoms with van der Waals surface area (Å²) in [5.74, 6) is 0.497. The Morgan fingerprint density at radius 3 is 2.40 bits per heavy atom. The van der Waals surface area contributed by atoms with Crippen LogP contribution in [0.3, 0.4) is 0 Å². The average Bonchev–Trinajstić information content (AvgIpc) is 2.29. The molecule has 1 aromatic rings. The van der Waals surface area contributed by atoms with Gasteiger partial charge in [-0.15, -0.1) is 0 Å². The van der Waals surface area contributed by atoms with Gasteiger partial charge in [0.1, 0.15) is 0 Å². The molecule has 0 heterocycles. The van der Waals surface area contributed by atoms with Crippen LogP contribution in [0, 0.1) is 5.92 Å². The van der Waals surface area contributed by atoms with E-state index in [1.54, 1.807) is 12.1 Å². The number of nitrogens with two attached hydrogens (primary N) is 1. The highest BCUT2D eigenvalue weighted by molar-refractivity contribution is 5.59. The molecule has 0 aliphatic rings. The second kappa shape index (κ2) is 7.43. The number of alkyl halides is 2. The third-order valence-electron chi connectivity index (χ3n) is 3.01. The van der Waals surface area contributed by atoms with Crippen LogP contribution in [0.15, 0.2) is 18.2 Å². The first kappa shape index (κ1) is 16.7. The zero-order valence-corrected chi connectivity index (χ0v) is 12.7. The second-order valence-electron chi connectivity index (χ2n) is 5.88. The Morgan fingerprint density at radius 1 is 1.25 bits per heavy atom. The summed E-state index contributed by atoms with van der Waals surface area (Å²) >= 11 is 0. The van der Waals surface area contributed by atoms with Crippen LogP contribution in [0.4, 0.5) is 20.2 Å². The predicted molar refractivity (Wildman–Crippen MR) is 81.2 cm³/mol. The first-order valence-corrected chi connectivity index (χ1v) is 6.88. The highest BCUT2D eigenvalue weighted by Crippen LogP contribution is 2.30. The summed E-state index contributed by atoms with van der Waals surface area (Å²) in [6, 6.07) is 4.76. The highest BCUT2D eigenvalue weighted by Gasteiger charge is 2.18. The molecule has 0 aliphatic carbocycles. The standard InChI is InChI=1S/C15H25F2N3/c1-10(2)7-12(9-20(3)4)19-14-6-5-11(18)8-13(14)15(16)17/h5-6,8,10,12,15,19H,7,9,18H2,1-4H3. The van der Waals surface area contributed by atoms with E-state index in [9.17, 15) is 8.78 Å². The number of hydrogen-bond acceptors (Lipinski definition) is 3. The number of anilines is 2. The summed E-state index contributed by atoms with van der Waals surface area (Å²) < 4.78 is 26.2. The summed E-state index contributed by atoms with van der Waals surface area (Å²) in [4.78, 5) is 2.05. The minimum absolute atomic E-state index is 0.0301. The van der Waals surface area contributed by atoms with E-state index in [0.717, 1.165) is 13.0 Å². The lowest BCUT2D eigenvalue weighted by Gasteiger charge is -2.26. The third kappa shape index (κ3) is 5.33. The van der Waals surface area contributed by atoms with Gasteiger partial charge in [0.05, 0.1) is 0 Å². The zero-order chi connectivity index (χ0) is 15.3. The molecule has 3 N–H and O–H groups in total. The fraction of sp³-hybridized carbons (Fsp3) is 0.600. The number of hydrogen-bond donors (Lipinski definition) is 2. The molecule has 0 aromatic heterocycles. The topological polar surface area (TPSA) is 41.3 Å². The van der Waals surface area contributed by atoms with E-state index >= 15 is 0 Å².